The predicted molar refractivity (Wildman–Crippen MR) is 89.5 cm³/mol. The Morgan fingerprint density at radius 2 is 1.48 bits per heavy atom. The van der Waals surface area contributed by atoms with Crippen molar-refractivity contribution in [1.29, 1.82) is 0 Å². The zero-order chi connectivity index (χ0) is 14.8. The number of halogens is 1. The van der Waals surface area contributed by atoms with Gasteiger partial charge in [-0.15, -0.1) is 0 Å². The van der Waals surface area contributed by atoms with Crippen molar-refractivity contribution in [2.24, 2.45) is 0 Å². The summed E-state index contributed by atoms with van der Waals surface area (Å²) in [4.78, 5) is 3.33. The van der Waals surface area contributed by atoms with Gasteiger partial charge < -0.3 is 22.0 Å². The third-order valence-corrected chi connectivity index (χ3v) is 4.00. The molecule has 3 heteroatoms. The van der Waals surface area contributed by atoms with Crippen LogP contribution in [0.1, 0.15) is 5.56 Å². The smallest absolute Gasteiger partial charge is 0.173 e. The molecule has 4 aromatic rings. The molecule has 2 heterocycles. The van der Waals surface area contributed by atoms with Gasteiger partial charge in [-0.1, -0.05) is 48.5 Å². The van der Waals surface area contributed by atoms with Crippen molar-refractivity contribution in [3.63, 3.8) is 0 Å². The number of hydrogen-bond acceptors (Lipinski definition) is 0. The summed E-state index contributed by atoms with van der Waals surface area (Å²) in [6.45, 7) is 0.898. The zero-order valence-corrected chi connectivity index (χ0v) is 14.2. The summed E-state index contributed by atoms with van der Waals surface area (Å²) in [6, 6.07) is 23.3. The molecule has 114 valence electrons. The van der Waals surface area contributed by atoms with E-state index in [-0.39, 0.29) is 17.0 Å². The molecule has 0 saturated carbocycles. The van der Waals surface area contributed by atoms with Crippen LogP contribution in [0.4, 0.5) is 0 Å². The van der Waals surface area contributed by atoms with Crippen LogP contribution < -0.4 is 21.5 Å². The highest BCUT2D eigenvalue weighted by Gasteiger charge is 2.08. The SMILES string of the molecule is [Br-].c1ccc(C[n+]2ccc(-c3c[nH]c4ccccc34)cc2)cc1. The van der Waals surface area contributed by atoms with Gasteiger partial charge in [0.1, 0.15) is 0 Å². The molecule has 0 atom stereocenters. The fourth-order valence-corrected chi connectivity index (χ4v) is 2.85. The normalized spacial score (nSPS) is 10.4. The Hall–Kier alpha value is -2.39. The van der Waals surface area contributed by atoms with Crippen molar-refractivity contribution in [3.8, 4) is 11.1 Å². The van der Waals surface area contributed by atoms with Crippen LogP contribution in [0.2, 0.25) is 0 Å². The van der Waals surface area contributed by atoms with E-state index in [9.17, 15) is 0 Å². The van der Waals surface area contributed by atoms with Crippen molar-refractivity contribution in [1.82, 2.24) is 4.98 Å². The van der Waals surface area contributed by atoms with Crippen LogP contribution >= 0.6 is 0 Å². The first-order valence-electron chi connectivity index (χ1n) is 7.50. The van der Waals surface area contributed by atoms with E-state index in [0.717, 1.165) is 6.54 Å². The number of aromatic nitrogens is 2. The summed E-state index contributed by atoms with van der Waals surface area (Å²) in [5.41, 5.74) is 4.98. The lowest BCUT2D eigenvalue weighted by Crippen LogP contribution is -3.00. The highest BCUT2D eigenvalue weighted by molar-refractivity contribution is 5.95. The van der Waals surface area contributed by atoms with E-state index in [2.05, 4.69) is 88.8 Å². The highest BCUT2D eigenvalue weighted by atomic mass is 79.9. The molecule has 0 spiro atoms. The number of aromatic amines is 1. The molecule has 0 saturated heterocycles. The van der Waals surface area contributed by atoms with Crippen LogP contribution in [0.25, 0.3) is 22.0 Å². The second kappa shape index (κ2) is 6.80. The van der Waals surface area contributed by atoms with Crippen LogP contribution in [0, 0.1) is 0 Å². The van der Waals surface area contributed by atoms with Gasteiger partial charge >= 0.3 is 0 Å². The molecule has 2 aromatic heterocycles. The summed E-state index contributed by atoms with van der Waals surface area (Å²) in [5, 5.41) is 1.27. The summed E-state index contributed by atoms with van der Waals surface area (Å²) in [5.74, 6) is 0. The van der Waals surface area contributed by atoms with E-state index in [0.29, 0.717) is 0 Å². The number of hydrogen-bond donors (Lipinski definition) is 1. The first-order valence-corrected chi connectivity index (χ1v) is 7.50. The van der Waals surface area contributed by atoms with E-state index in [4.69, 9.17) is 0 Å². The first-order chi connectivity index (χ1) is 10.9. The van der Waals surface area contributed by atoms with Gasteiger partial charge in [0.05, 0.1) is 0 Å². The Morgan fingerprint density at radius 3 is 2.26 bits per heavy atom. The number of rotatable bonds is 3. The van der Waals surface area contributed by atoms with Crippen LogP contribution in [-0.2, 0) is 6.54 Å². The summed E-state index contributed by atoms with van der Waals surface area (Å²) >= 11 is 0. The largest absolute Gasteiger partial charge is 1.00 e. The van der Waals surface area contributed by atoms with Crippen molar-refractivity contribution < 1.29 is 21.5 Å². The number of benzene rings is 2. The number of H-pyrrole nitrogens is 1. The van der Waals surface area contributed by atoms with Crippen molar-refractivity contribution in [2.45, 2.75) is 6.54 Å². The fourth-order valence-electron chi connectivity index (χ4n) is 2.85. The molecule has 0 amide bonds. The van der Waals surface area contributed by atoms with E-state index in [1.165, 1.54) is 27.6 Å². The van der Waals surface area contributed by atoms with Crippen LogP contribution in [0.3, 0.4) is 0 Å². The number of para-hydroxylation sites is 1. The maximum absolute atomic E-state index is 3.33. The average molecular weight is 365 g/mol. The van der Waals surface area contributed by atoms with Gasteiger partial charge in [0.15, 0.2) is 18.9 Å². The molecule has 23 heavy (non-hydrogen) atoms. The van der Waals surface area contributed by atoms with Gasteiger partial charge in [-0.25, -0.2) is 4.57 Å². The van der Waals surface area contributed by atoms with Crippen LogP contribution in [0.15, 0.2) is 85.3 Å². The number of pyridine rings is 1. The van der Waals surface area contributed by atoms with E-state index >= 15 is 0 Å². The van der Waals surface area contributed by atoms with Crippen molar-refractivity contribution in [2.75, 3.05) is 0 Å². The topological polar surface area (TPSA) is 19.7 Å². The molecule has 2 aromatic carbocycles. The summed E-state index contributed by atoms with van der Waals surface area (Å²) < 4.78 is 2.20. The molecule has 1 N–H and O–H groups in total. The Kier molecular flexibility index (Phi) is 4.58. The van der Waals surface area contributed by atoms with E-state index in [1.54, 1.807) is 0 Å². The average Bonchev–Trinajstić information content (AvgIpc) is 3.01. The molecule has 0 bridgehead atoms. The molecule has 0 aliphatic rings. The second-order valence-corrected chi connectivity index (χ2v) is 5.49. The number of fused-ring (bicyclic) bond motifs is 1. The Balaban J connectivity index is 0.00000156. The quantitative estimate of drug-likeness (QED) is 0.526. The molecule has 2 nitrogen and oxygen atoms in total. The Bertz CT molecular complexity index is 896. The zero-order valence-electron chi connectivity index (χ0n) is 12.6. The van der Waals surface area contributed by atoms with Gasteiger partial charge in [-0.2, -0.15) is 0 Å². The minimum Gasteiger partial charge on any atom is -1.00 e. The number of nitrogens with one attached hydrogen (secondary N) is 1. The van der Waals surface area contributed by atoms with Crippen LogP contribution in [-0.4, -0.2) is 4.98 Å². The van der Waals surface area contributed by atoms with Crippen molar-refractivity contribution >= 4 is 10.9 Å². The molecule has 0 fully saturated rings. The lowest BCUT2D eigenvalue weighted by Gasteiger charge is -2.00. The predicted octanol–water partition coefficient (Wildman–Crippen LogP) is 1.17. The fraction of sp³-hybridized carbons (Fsp3) is 0.0500. The van der Waals surface area contributed by atoms with E-state index in [1.807, 2.05) is 6.07 Å². The summed E-state index contributed by atoms with van der Waals surface area (Å²) in [7, 11) is 0. The first kappa shape index (κ1) is 15.5. The van der Waals surface area contributed by atoms with E-state index < -0.39 is 0 Å². The maximum Gasteiger partial charge on any atom is 0.173 e. The Labute approximate surface area is 146 Å². The lowest BCUT2D eigenvalue weighted by atomic mass is 10.1. The molecular weight excluding hydrogens is 348 g/mol. The monoisotopic (exact) mass is 364 g/mol. The Morgan fingerprint density at radius 1 is 0.783 bits per heavy atom. The summed E-state index contributed by atoms with van der Waals surface area (Å²) in [6.07, 6.45) is 6.37. The van der Waals surface area contributed by atoms with Gasteiger partial charge in [-0.05, 0) is 11.6 Å². The van der Waals surface area contributed by atoms with Crippen LogP contribution in [0.5, 0.6) is 0 Å². The molecule has 4 rings (SSSR count). The molecule has 0 aliphatic heterocycles. The minimum absolute atomic E-state index is 0. The minimum atomic E-state index is 0. The molecule has 0 aliphatic carbocycles. The van der Waals surface area contributed by atoms with Gasteiger partial charge in [-0.3, -0.25) is 0 Å². The molecular formula is C20H17BrN2. The van der Waals surface area contributed by atoms with Gasteiger partial charge in [0.2, 0.25) is 0 Å². The van der Waals surface area contributed by atoms with Gasteiger partial charge in [0.25, 0.3) is 0 Å². The third-order valence-electron chi connectivity index (χ3n) is 4.00. The maximum atomic E-state index is 3.33. The lowest BCUT2D eigenvalue weighted by molar-refractivity contribution is -0.688. The highest BCUT2D eigenvalue weighted by Crippen LogP contribution is 2.27. The second-order valence-electron chi connectivity index (χ2n) is 5.49. The number of nitrogens with zero attached hydrogens (tertiary/aromatic N) is 1. The molecule has 0 radical (unpaired) electrons. The van der Waals surface area contributed by atoms with Gasteiger partial charge in [0, 0.05) is 40.4 Å². The standard InChI is InChI=1S/C20H16N2.BrH/c1-2-6-16(7-3-1)15-22-12-10-17(11-13-22)19-14-21-20-9-5-4-8-18(19)20;/h1-14H,15H2;1H. The molecule has 0 unspecified atom stereocenters. The van der Waals surface area contributed by atoms with Crippen molar-refractivity contribution in [3.05, 3.63) is 90.9 Å². The third kappa shape index (κ3) is 3.20.